The third-order valence-electron chi connectivity index (χ3n) is 4.62. The molecule has 0 aromatic carbocycles. The molecule has 0 aromatic rings. The second-order valence-electron chi connectivity index (χ2n) is 6.01. The second kappa shape index (κ2) is 6.75. The molecule has 1 aliphatic heterocycles. The predicted molar refractivity (Wildman–Crippen MR) is 72.2 cm³/mol. The molecule has 1 heterocycles. The van der Waals surface area contributed by atoms with Crippen LogP contribution in [0.15, 0.2) is 0 Å². The van der Waals surface area contributed by atoms with Gasteiger partial charge in [-0.3, -0.25) is 0 Å². The first-order valence-corrected chi connectivity index (χ1v) is 7.66. The molecule has 1 N–H and O–H groups in total. The van der Waals surface area contributed by atoms with Crippen molar-refractivity contribution in [2.75, 3.05) is 13.2 Å². The Labute approximate surface area is 107 Å². The minimum absolute atomic E-state index is 0.469. The normalized spacial score (nSPS) is 32.8. The molecule has 0 spiro atoms. The maximum Gasteiger partial charge on any atom is 0.0754 e. The molecule has 0 bridgehead atoms. The zero-order valence-electron chi connectivity index (χ0n) is 11.6. The van der Waals surface area contributed by atoms with E-state index in [0.29, 0.717) is 12.1 Å². The number of ether oxygens (including phenoxy) is 1. The van der Waals surface area contributed by atoms with Crippen LogP contribution >= 0.6 is 0 Å². The fourth-order valence-corrected chi connectivity index (χ4v) is 3.61. The van der Waals surface area contributed by atoms with E-state index in [1.807, 2.05) is 0 Å². The molecule has 17 heavy (non-hydrogen) atoms. The fourth-order valence-electron chi connectivity index (χ4n) is 3.61. The molecular weight excluding hydrogens is 210 g/mol. The molecule has 2 rings (SSSR count). The Morgan fingerprint density at radius 1 is 1.18 bits per heavy atom. The van der Waals surface area contributed by atoms with Crippen LogP contribution < -0.4 is 5.32 Å². The summed E-state index contributed by atoms with van der Waals surface area (Å²) >= 11 is 0. The van der Waals surface area contributed by atoms with Crippen LogP contribution in [0.4, 0.5) is 0 Å². The van der Waals surface area contributed by atoms with Crippen LogP contribution in [0.1, 0.15) is 58.8 Å². The molecule has 0 amide bonds. The first-order chi connectivity index (χ1) is 8.31. The summed E-state index contributed by atoms with van der Waals surface area (Å²) in [7, 11) is 0. The third kappa shape index (κ3) is 3.69. The van der Waals surface area contributed by atoms with Gasteiger partial charge in [0.1, 0.15) is 0 Å². The monoisotopic (exact) mass is 239 g/mol. The Balaban J connectivity index is 1.86. The van der Waals surface area contributed by atoms with Crippen molar-refractivity contribution >= 4 is 0 Å². The molecule has 100 valence electrons. The van der Waals surface area contributed by atoms with Crippen LogP contribution in [0.25, 0.3) is 0 Å². The molecule has 3 atom stereocenters. The van der Waals surface area contributed by atoms with Gasteiger partial charge < -0.3 is 10.1 Å². The number of hydrogen-bond donors (Lipinski definition) is 1. The highest BCUT2D eigenvalue weighted by atomic mass is 16.5. The molecule has 2 fully saturated rings. The van der Waals surface area contributed by atoms with E-state index in [0.717, 1.165) is 25.0 Å². The highest BCUT2D eigenvalue weighted by Crippen LogP contribution is 2.31. The molecular formula is C15H29NO. The minimum atomic E-state index is 0.469. The summed E-state index contributed by atoms with van der Waals surface area (Å²) in [5.41, 5.74) is 0. The molecule has 0 aromatic heterocycles. The van der Waals surface area contributed by atoms with Gasteiger partial charge in [0.2, 0.25) is 0 Å². The molecule has 2 aliphatic rings. The summed E-state index contributed by atoms with van der Waals surface area (Å²) in [6.07, 6.45) is 10.3. The van der Waals surface area contributed by atoms with E-state index in [1.165, 1.54) is 44.9 Å². The van der Waals surface area contributed by atoms with Gasteiger partial charge in [0.25, 0.3) is 0 Å². The van der Waals surface area contributed by atoms with Gasteiger partial charge in [-0.1, -0.05) is 46.0 Å². The Morgan fingerprint density at radius 3 is 2.53 bits per heavy atom. The lowest BCUT2D eigenvalue weighted by atomic mass is 9.82. The number of hydrogen-bond acceptors (Lipinski definition) is 2. The van der Waals surface area contributed by atoms with Gasteiger partial charge in [-0.15, -0.1) is 0 Å². The first-order valence-electron chi connectivity index (χ1n) is 7.66. The number of nitrogens with one attached hydrogen (secondary N) is 1. The zero-order valence-corrected chi connectivity index (χ0v) is 11.6. The van der Waals surface area contributed by atoms with Crippen molar-refractivity contribution in [1.29, 1.82) is 0 Å². The average Bonchev–Trinajstić information content (AvgIpc) is 2.76. The summed E-state index contributed by atoms with van der Waals surface area (Å²) in [5.74, 6) is 1.69. The van der Waals surface area contributed by atoms with Gasteiger partial charge in [-0.2, -0.15) is 0 Å². The zero-order chi connectivity index (χ0) is 12.1. The van der Waals surface area contributed by atoms with Crippen molar-refractivity contribution in [3.63, 3.8) is 0 Å². The standard InChI is InChI=1S/C15H29NO/c1-3-16-14(15-12(2)9-10-17-15)11-13-7-5-4-6-8-13/h12-16H,3-11H2,1-2H3. The second-order valence-corrected chi connectivity index (χ2v) is 6.01. The minimum Gasteiger partial charge on any atom is -0.376 e. The van der Waals surface area contributed by atoms with E-state index in [-0.39, 0.29) is 0 Å². The molecule has 2 heteroatoms. The molecule has 1 aliphatic carbocycles. The summed E-state index contributed by atoms with van der Waals surface area (Å²) in [6, 6.07) is 0.598. The van der Waals surface area contributed by atoms with E-state index in [1.54, 1.807) is 0 Å². The molecule has 1 saturated heterocycles. The van der Waals surface area contributed by atoms with Crippen LogP contribution in [0.2, 0.25) is 0 Å². The van der Waals surface area contributed by atoms with Crippen molar-refractivity contribution in [1.82, 2.24) is 5.32 Å². The first kappa shape index (κ1) is 13.4. The van der Waals surface area contributed by atoms with E-state index in [2.05, 4.69) is 19.2 Å². The largest absolute Gasteiger partial charge is 0.376 e. The van der Waals surface area contributed by atoms with Crippen LogP contribution in [0.3, 0.4) is 0 Å². The van der Waals surface area contributed by atoms with E-state index in [4.69, 9.17) is 4.74 Å². The van der Waals surface area contributed by atoms with Crippen molar-refractivity contribution < 1.29 is 4.74 Å². The lowest BCUT2D eigenvalue weighted by molar-refractivity contribution is 0.0509. The lowest BCUT2D eigenvalue weighted by Crippen LogP contribution is -2.43. The molecule has 2 nitrogen and oxygen atoms in total. The Kier molecular flexibility index (Phi) is 5.30. The van der Waals surface area contributed by atoms with Crippen LogP contribution in [0, 0.1) is 11.8 Å². The van der Waals surface area contributed by atoms with E-state index < -0.39 is 0 Å². The van der Waals surface area contributed by atoms with E-state index in [9.17, 15) is 0 Å². The van der Waals surface area contributed by atoms with Crippen molar-refractivity contribution in [3.8, 4) is 0 Å². The van der Waals surface area contributed by atoms with Gasteiger partial charge in [0, 0.05) is 12.6 Å². The maximum atomic E-state index is 5.96. The van der Waals surface area contributed by atoms with Gasteiger partial charge in [-0.25, -0.2) is 0 Å². The molecule has 0 radical (unpaired) electrons. The molecule has 1 saturated carbocycles. The van der Waals surface area contributed by atoms with Crippen LogP contribution in [-0.2, 0) is 4.74 Å². The number of likely N-dealkylation sites (N-methyl/N-ethyl adjacent to an activating group) is 1. The Hall–Kier alpha value is -0.0800. The van der Waals surface area contributed by atoms with Crippen LogP contribution in [-0.4, -0.2) is 25.3 Å². The summed E-state index contributed by atoms with van der Waals surface area (Å²) < 4.78 is 5.96. The van der Waals surface area contributed by atoms with Gasteiger partial charge in [-0.05, 0) is 31.2 Å². The van der Waals surface area contributed by atoms with Crippen molar-refractivity contribution in [3.05, 3.63) is 0 Å². The Morgan fingerprint density at radius 2 is 1.94 bits per heavy atom. The van der Waals surface area contributed by atoms with Gasteiger partial charge in [0.15, 0.2) is 0 Å². The van der Waals surface area contributed by atoms with Gasteiger partial charge in [0.05, 0.1) is 6.10 Å². The van der Waals surface area contributed by atoms with Gasteiger partial charge >= 0.3 is 0 Å². The van der Waals surface area contributed by atoms with Crippen molar-refractivity contribution in [2.45, 2.75) is 70.9 Å². The predicted octanol–water partition coefficient (Wildman–Crippen LogP) is 3.36. The lowest BCUT2D eigenvalue weighted by Gasteiger charge is -2.32. The highest BCUT2D eigenvalue weighted by molar-refractivity contribution is 4.87. The topological polar surface area (TPSA) is 21.3 Å². The van der Waals surface area contributed by atoms with Crippen molar-refractivity contribution in [2.24, 2.45) is 11.8 Å². The Bertz CT molecular complexity index is 213. The average molecular weight is 239 g/mol. The molecule has 3 unspecified atom stereocenters. The summed E-state index contributed by atoms with van der Waals surface area (Å²) in [5, 5.41) is 3.68. The summed E-state index contributed by atoms with van der Waals surface area (Å²) in [6.45, 7) is 6.61. The summed E-state index contributed by atoms with van der Waals surface area (Å²) in [4.78, 5) is 0. The smallest absolute Gasteiger partial charge is 0.0754 e. The van der Waals surface area contributed by atoms with E-state index >= 15 is 0 Å². The maximum absolute atomic E-state index is 5.96. The van der Waals surface area contributed by atoms with Crippen LogP contribution in [0.5, 0.6) is 0 Å². The third-order valence-corrected chi connectivity index (χ3v) is 4.62. The quantitative estimate of drug-likeness (QED) is 0.794. The SMILES string of the molecule is CCNC(CC1CCCCC1)C1OCCC1C. The fraction of sp³-hybridized carbons (Fsp3) is 1.00. The number of rotatable bonds is 5. The highest BCUT2D eigenvalue weighted by Gasteiger charge is 2.33.